The fraction of sp³-hybridized carbons (Fsp3) is 0.429. The first-order chi connectivity index (χ1) is 5.45. The molecule has 0 aliphatic rings. The molecule has 0 aliphatic heterocycles. The van der Waals surface area contributed by atoms with Crippen LogP contribution in [0.15, 0.2) is 12.7 Å². The maximum Gasteiger partial charge on any atom is 0.329 e. The van der Waals surface area contributed by atoms with E-state index in [0.29, 0.717) is 0 Å². The van der Waals surface area contributed by atoms with Crippen LogP contribution >= 0.6 is 0 Å². The zero-order valence-electron chi connectivity index (χ0n) is 6.65. The Morgan fingerprint density at radius 1 is 1.75 bits per heavy atom. The van der Waals surface area contributed by atoms with E-state index in [1.165, 1.54) is 6.92 Å². The van der Waals surface area contributed by atoms with Crippen LogP contribution in [0.25, 0.3) is 0 Å². The largest absolute Gasteiger partial charge is 0.480 e. The summed E-state index contributed by atoms with van der Waals surface area (Å²) in [6.45, 7) is 4.49. The quantitative estimate of drug-likeness (QED) is 0.372. The zero-order chi connectivity index (χ0) is 9.78. The maximum atomic E-state index is 10.5. The Morgan fingerprint density at radius 3 is 2.50 bits per heavy atom. The fourth-order valence-electron chi connectivity index (χ4n) is 0.676. The van der Waals surface area contributed by atoms with Gasteiger partial charge in [-0.15, -0.1) is 6.58 Å². The summed E-state index contributed by atoms with van der Waals surface area (Å²) in [4.78, 5) is 20.4. The van der Waals surface area contributed by atoms with Gasteiger partial charge in [0.25, 0.3) is 0 Å². The highest BCUT2D eigenvalue weighted by Gasteiger charge is 2.34. The molecule has 2 atom stereocenters. The monoisotopic (exact) mass is 173 g/mol. The van der Waals surface area contributed by atoms with Crippen LogP contribution in [0, 0.1) is 0 Å². The van der Waals surface area contributed by atoms with Gasteiger partial charge < -0.3 is 15.5 Å². The van der Waals surface area contributed by atoms with E-state index in [4.69, 9.17) is 5.11 Å². The van der Waals surface area contributed by atoms with E-state index in [-0.39, 0.29) is 6.41 Å². The normalized spacial score (nSPS) is 17.2. The predicted molar refractivity (Wildman–Crippen MR) is 41.4 cm³/mol. The Balaban J connectivity index is 4.59. The van der Waals surface area contributed by atoms with Crippen molar-refractivity contribution in [3.05, 3.63) is 12.7 Å². The van der Waals surface area contributed by atoms with Crippen LogP contribution in [0.2, 0.25) is 0 Å². The first-order valence-corrected chi connectivity index (χ1v) is 3.24. The highest BCUT2D eigenvalue weighted by Crippen LogP contribution is 2.10. The van der Waals surface area contributed by atoms with Crippen LogP contribution in [0.4, 0.5) is 0 Å². The predicted octanol–water partition coefficient (Wildman–Crippen LogP) is -0.877. The molecule has 2 unspecified atom stereocenters. The zero-order valence-corrected chi connectivity index (χ0v) is 6.65. The van der Waals surface area contributed by atoms with Crippen molar-refractivity contribution in [2.75, 3.05) is 0 Å². The Labute approximate surface area is 69.7 Å². The molecule has 12 heavy (non-hydrogen) atoms. The van der Waals surface area contributed by atoms with Gasteiger partial charge in [-0.05, 0) is 6.92 Å². The molecule has 0 aromatic carbocycles. The SMILES string of the molecule is C=CC(C)(O)C(NC=O)C(=O)O. The molecule has 0 spiro atoms. The summed E-state index contributed by atoms with van der Waals surface area (Å²) in [6, 6.07) is -1.37. The average molecular weight is 173 g/mol. The van der Waals surface area contributed by atoms with Crippen LogP contribution in [-0.4, -0.2) is 34.2 Å². The number of amides is 1. The number of carbonyl (C=O) groups excluding carboxylic acids is 1. The third-order valence-corrected chi connectivity index (χ3v) is 1.48. The number of carboxylic acid groups (broad SMARTS) is 1. The Morgan fingerprint density at radius 2 is 2.25 bits per heavy atom. The van der Waals surface area contributed by atoms with Gasteiger partial charge in [0.05, 0.1) is 0 Å². The van der Waals surface area contributed by atoms with Crippen molar-refractivity contribution < 1.29 is 19.8 Å². The second-order valence-electron chi connectivity index (χ2n) is 2.49. The minimum Gasteiger partial charge on any atom is -0.480 e. The summed E-state index contributed by atoms with van der Waals surface area (Å²) in [5.41, 5.74) is -1.65. The minimum absolute atomic E-state index is 0.219. The summed E-state index contributed by atoms with van der Waals surface area (Å²) < 4.78 is 0. The molecule has 5 heteroatoms. The molecule has 0 aromatic heterocycles. The molecule has 0 radical (unpaired) electrons. The molecule has 0 saturated carbocycles. The van der Waals surface area contributed by atoms with Gasteiger partial charge in [0, 0.05) is 0 Å². The number of aliphatic hydroxyl groups is 1. The molecule has 0 saturated heterocycles. The lowest BCUT2D eigenvalue weighted by molar-refractivity contribution is -0.145. The van der Waals surface area contributed by atoms with Gasteiger partial charge in [0.2, 0.25) is 6.41 Å². The topological polar surface area (TPSA) is 86.6 Å². The number of carboxylic acids is 1. The molecule has 68 valence electrons. The van der Waals surface area contributed by atoms with Crippen LogP contribution in [-0.2, 0) is 9.59 Å². The fourth-order valence-corrected chi connectivity index (χ4v) is 0.676. The first-order valence-electron chi connectivity index (χ1n) is 3.24. The van der Waals surface area contributed by atoms with E-state index >= 15 is 0 Å². The molecule has 0 rings (SSSR count). The van der Waals surface area contributed by atoms with E-state index in [9.17, 15) is 14.7 Å². The molecule has 5 nitrogen and oxygen atoms in total. The summed E-state index contributed by atoms with van der Waals surface area (Å²) in [6.07, 6.45) is 1.28. The van der Waals surface area contributed by atoms with Crippen molar-refractivity contribution in [3.8, 4) is 0 Å². The molecule has 0 heterocycles. The number of nitrogens with one attached hydrogen (secondary N) is 1. The van der Waals surface area contributed by atoms with E-state index in [1.54, 1.807) is 0 Å². The van der Waals surface area contributed by atoms with Crippen molar-refractivity contribution >= 4 is 12.4 Å². The first kappa shape index (κ1) is 10.6. The van der Waals surface area contributed by atoms with Crippen LogP contribution < -0.4 is 5.32 Å². The molecule has 0 aliphatic carbocycles. The number of carbonyl (C=O) groups is 2. The summed E-state index contributed by atoms with van der Waals surface area (Å²) in [5.74, 6) is -1.31. The van der Waals surface area contributed by atoms with Crippen molar-refractivity contribution in [3.63, 3.8) is 0 Å². The molecule has 1 amide bonds. The van der Waals surface area contributed by atoms with Gasteiger partial charge in [-0.1, -0.05) is 6.08 Å². The van der Waals surface area contributed by atoms with Gasteiger partial charge in [0.1, 0.15) is 5.60 Å². The van der Waals surface area contributed by atoms with Gasteiger partial charge in [-0.25, -0.2) is 4.79 Å². The van der Waals surface area contributed by atoms with Crippen LogP contribution in [0.5, 0.6) is 0 Å². The standard InChI is InChI=1S/C7H11NO4/c1-3-7(2,12)5(6(10)11)8-4-9/h3-5,12H,1H2,2H3,(H,8,9)(H,10,11). The average Bonchev–Trinajstić information content (AvgIpc) is 1.99. The smallest absolute Gasteiger partial charge is 0.329 e. The molecule has 0 bridgehead atoms. The van der Waals surface area contributed by atoms with E-state index < -0.39 is 17.6 Å². The van der Waals surface area contributed by atoms with Gasteiger partial charge in [-0.3, -0.25) is 4.79 Å². The van der Waals surface area contributed by atoms with Crippen molar-refractivity contribution in [2.45, 2.75) is 18.6 Å². The molecular weight excluding hydrogens is 162 g/mol. The van der Waals surface area contributed by atoms with E-state index in [2.05, 4.69) is 6.58 Å². The van der Waals surface area contributed by atoms with E-state index in [1.807, 2.05) is 5.32 Å². The lowest BCUT2D eigenvalue weighted by Crippen LogP contribution is -2.52. The van der Waals surface area contributed by atoms with E-state index in [0.717, 1.165) is 6.08 Å². The van der Waals surface area contributed by atoms with Crippen LogP contribution in [0.1, 0.15) is 6.92 Å². The summed E-state index contributed by atoms with van der Waals surface area (Å²) in [7, 11) is 0. The van der Waals surface area contributed by atoms with Crippen molar-refractivity contribution in [2.24, 2.45) is 0 Å². The number of hydrogen-bond donors (Lipinski definition) is 3. The third kappa shape index (κ3) is 2.35. The van der Waals surface area contributed by atoms with Gasteiger partial charge >= 0.3 is 5.97 Å². The number of aliphatic carboxylic acids is 1. The van der Waals surface area contributed by atoms with Gasteiger partial charge in [0.15, 0.2) is 6.04 Å². The number of rotatable bonds is 5. The summed E-state index contributed by atoms with van der Waals surface area (Å²) in [5, 5.41) is 19.9. The Hall–Kier alpha value is -1.36. The molecular formula is C7H11NO4. The van der Waals surface area contributed by atoms with Crippen molar-refractivity contribution in [1.82, 2.24) is 5.32 Å². The minimum atomic E-state index is -1.65. The van der Waals surface area contributed by atoms with Crippen LogP contribution in [0.3, 0.4) is 0 Å². The highest BCUT2D eigenvalue weighted by atomic mass is 16.4. The molecule has 0 fully saturated rings. The highest BCUT2D eigenvalue weighted by molar-refractivity contribution is 5.78. The Kier molecular flexibility index (Phi) is 3.43. The lowest BCUT2D eigenvalue weighted by Gasteiger charge is -2.25. The number of hydrogen-bond acceptors (Lipinski definition) is 3. The maximum absolute atomic E-state index is 10.5. The third-order valence-electron chi connectivity index (χ3n) is 1.48. The van der Waals surface area contributed by atoms with Crippen molar-refractivity contribution in [1.29, 1.82) is 0 Å². The second-order valence-corrected chi connectivity index (χ2v) is 2.49. The molecule has 3 N–H and O–H groups in total. The Bertz CT molecular complexity index is 200. The van der Waals surface area contributed by atoms with Gasteiger partial charge in [-0.2, -0.15) is 0 Å². The second kappa shape index (κ2) is 3.87. The molecule has 0 aromatic rings. The lowest BCUT2D eigenvalue weighted by atomic mass is 9.97. The summed E-state index contributed by atoms with van der Waals surface area (Å²) >= 11 is 0.